The molecule has 29 heavy (non-hydrogen) atoms. The Hall–Kier alpha value is -3.12. The fraction of sp³-hybridized carbons (Fsp3) is 0.500. The summed E-state index contributed by atoms with van der Waals surface area (Å²) in [4.78, 5) is 8.21. The van der Waals surface area contributed by atoms with Gasteiger partial charge in [0.1, 0.15) is 11.6 Å². The summed E-state index contributed by atoms with van der Waals surface area (Å²) in [5.74, 6) is 1.31. The number of anilines is 2. The maximum atomic E-state index is 9.41. The summed E-state index contributed by atoms with van der Waals surface area (Å²) in [7, 11) is 0. The van der Waals surface area contributed by atoms with Crippen LogP contribution < -0.4 is 11.1 Å². The molecule has 0 unspecified atom stereocenters. The average molecular weight is 394 g/mol. The van der Waals surface area contributed by atoms with E-state index in [4.69, 9.17) is 12.3 Å². The van der Waals surface area contributed by atoms with Gasteiger partial charge in [-0.25, -0.2) is 14.3 Å². The molecule has 1 fully saturated rings. The highest BCUT2D eigenvalue weighted by Crippen LogP contribution is 2.32. The Morgan fingerprint density at radius 3 is 2.86 bits per heavy atom. The molecule has 3 aromatic rings. The number of fused-ring (bicyclic) bond motifs is 1. The van der Waals surface area contributed by atoms with Crippen LogP contribution >= 0.6 is 0 Å². The maximum absolute atomic E-state index is 9.41. The minimum atomic E-state index is -0.138. The van der Waals surface area contributed by atoms with Crippen LogP contribution in [0, 0.1) is 19.4 Å². The molecule has 0 aliphatic heterocycles. The Bertz CT molecular complexity index is 1070. The molecule has 0 amide bonds. The van der Waals surface area contributed by atoms with Gasteiger partial charge in [-0.15, -0.1) is 0 Å². The van der Waals surface area contributed by atoms with E-state index in [9.17, 15) is 5.11 Å². The number of hydrogen-bond donors (Lipinski definition) is 3. The van der Waals surface area contributed by atoms with Gasteiger partial charge in [0.15, 0.2) is 5.65 Å². The third kappa shape index (κ3) is 3.63. The van der Waals surface area contributed by atoms with E-state index in [1.807, 2.05) is 23.9 Å². The lowest BCUT2D eigenvalue weighted by Gasteiger charge is -2.31. The van der Waals surface area contributed by atoms with Gasteiger partial charge in [0.2, 0.25) is 0 Å². The first-order chi connectivity index (χ1) is 14.0. The zero-order chi connectivity index (χ0) is 20.5. The van der Waals surface area contributed by atoms with Crippen molar-refractivity contribution < 1.29 is 5.11 Å². The lowest BCUT2D eigenvalue weighted by atomic mass is 9.82. The lowest BCUT2D eigenvalue weighted by molar-refractivity contribution is 0.0336. The summed E-state index contributed by atoms with van der Waals surface area (Å²) in [6.07, 6.45) is 5.08. The molecule has 0 radical (unpaired) electrons. The van der Waals surface area contributed by atoms with Crippen LogP contribution in [-0.2, 0) is 19.4 Å². The van der Waals surface area contributed by atoms with Gasteiger partial charge >= 0.3 is 0 Å². The van der Waals surface area contributed by atoms with Gasteiger partial charge in [-0.3, -0.25) is 4.68 Å². The first kappa shape index (κ1) is 19.2. The third-order valence-electron chi connectivity index (χ3n) is 5.56. The molecule has 4 N–H and O–H groups in total. The average Bonchev–Trinajstić information content (AvgIpc) is 3.24. The van der Waals surface area contributed by atoms with Gasteiger partial charge in [-0.05, 0) is 38.2 Å². The van der Waals surface area contributed by atoms with Gasteiger partial charge in [-0.2, -0.15) is 10.2 Å². The van der Waals surface area contributed by atoms with Crippen molar-refractivity contribution in [2.24, 2.45) is 5.92 Å². The maximum Gasteiger partial charge on any atom is 0.268 e. The first-order valence-corrected chi connectivity index (χ1v) is 9.99. The van der Waals surface area contributed by atoms with E-state index < -0.39 is 0 Å². The Labute approximate surface area is 169 Å². The van der Waals surface area contributed by atoms with Crippen molar-refractivity contribution in [1.29, 1.82) is 0 Å². The summed E-state index contributed by atoms with van der Waals surface area (Å²) in [5.41, 5.74) is 10.1. The summed E-state index contributed by atoms with van der Waals surface area (Å²) < 4.78 is 3.51. The molecule has 3 aromatic heterocycles. The molecule has 1 aliphatic rings. The molecule has 1 saturated carbocycles. The molecule has 0 atom stereocenters. The van der Waals surface area contributed by atoms with Gasteiger partial charge in [0.25, 0.3) is 5.69 Å². The molecular formula is C20H26N8O. The molecule has 0 spiro atoms. The largest absolute Gasteiger partial charge is 0.393 e. The van der Waals surface area contributed by atoms with E-state index in [1.54, 1.807) is 4.52 Å². The number of aryl methyl sites for hydroxylation is 2. The quantitative estimate of drug-likeness (QED) is 0.531. The van der Waals surface area contributed by atoms with Crippen molar-refractivity contribution in [3.63, 3.8) is 0 Å². The standard InChI is InChI=1S/C20H26N8O/c1-4-16-12(2)25-28-18(21)17(22-3)19(24-20(16)28)23-7-5-14-6-8-27(26-14)11-13-9-15(29)10-13/h6,8,13,15,29H,4-5,7,9-11,21H2,1-2H3,(H,23,24). The van der Waals surface area contributed by atoms with Gasteiger partial charge in [0, 0.05) is 31.3 Å². The highest BCUT2D eigenvalue weighted by Gasteiger charge is 2.27. The summed E-state index contributed by atoms with van der Waals surface area (Å²) in [5, 5.41) is 21.7. The second kappa shape index (κ2) is 7.72. The second-order valence-corrected chi connectivity index (χ2v) is 7.66. The Kier molecular flexibility index (Phi) is 5.11. The van der Waals surface area contributed by atoms with E-state index in [2.05, 4.69) is 32.3 Å². The fourth-order valence-electron chi connectivity index (χ4n) is 3.92. The fourth-order valence-corrected chi connectivity index (χ4v) is 3.92. The third-order valence-corrected chi connectivity index (χ3v) is 5.56. The van der Waals surface area contributed by atoms with Crippen molar-refractivity contribution in [3.05, 3.63) is 40.6 Å². The number of aliphatic hydroxyl groups excluding tert-OH is 1. The van der Waals surface area contributed by atoms with Crippen molar-refractivity contribution >= 4 is 23.0 Å². The second-order valence-electron chi connectivity index (χ2n) is 7.66. The normalized spacial score (nSPS) is 18.6. The van der Waals surface area contributed by atoms with E-state index in [0.717, 1.165) is 42.8 Å². The molecule has 9 nitrogen and oxygen atoms in total. The highest BCUT2D eigenvalue weighted by molar-refractivity contribution is 5.80. The van der Waals surface area contributed by atoms with Crippen molar-refractivity contribution in [2.75, 3.05) is 17.6 Å². The zero-order valence-corrected chi connectivity index (χ0v) is 16.8. The summed E-state index contributed by atoms with van der Waals surface area (Å²) in [6.45, 7) is 12.9. The molecule has 1 aliphatic carbocycles. The molecule has 9 heteroatoms. The van der Waals surface area contributed by atoms with Crippen LogP contribution in [0.3, 0.4) is 0 Å². The number of rotatable bonds is 7. The SMILES string of the molecule is [C-]#[N+]c1c(NCCc2ccn(CC3CC(O)C3)n2)nc2c(CC)c(C)nn2c1N. The van der Waals surface area contributed by atoms with Crippen LogP contribution in [0.4, 0.5) is 17.3 Å². The van der Waals surface area contributed by atoms with E-state index >= 15 is 0 Å². The highest BCUT2D eigenvalue weighted by atomic mass is 16.3. The Balaban J connectivity index is 1.45. The van der Waals surface area contributed by atoms with Gasteiger partial charge in [-0.1, -0.05) is 6.92 Å². The number of aliphatic hydroxyl groups is 1. The minimum absolute atomic E-state index is 0.138. The predicted molar refractivity (Wildman–Crippen MR) is 111 cm³/mol. The Morgan fingerprint density at radius 1 is 1.38 bits per heavy atom. The van der Waals surface area contributed by atoms with Crippen LogP contribution in [0.2, 0.25) is 0 Å². The Morgan fingerprint density at radius 2 is 2.17 bits per heavy atom. The molecule has 0 saturated heterocycles. The molecule has 4 rings (SSSR count). The van der Waals surface area contributed by atoms with E-state index in [0.29, 0.717) is 36.2 Å². The van der Waals surface area contributed by atoms with Crippen LogP contribution in [0.1, 0.15) is 36.7 Å². The summed E-state index contributed by atoms with van der Waals surface area (Å²) >= 11 is 0. The number of nitrogen functional groups attached to an aromatic ring is 1. The number of nitrogens with zero attached hydrogens (tertiary/aromatic N) is 6. The monoisotopic (exact) mass is 394 g/mol. The van der Waals surface area contributed by atoms with Crippen LogP contribution in [0.25, 0.3) is 10.5 Å². The first-order valence-electron chi connectivity index (χ1n) is 9.99. The van der Waals surface area contributed by atoms with Crippen LogP contribution in [0.5, 0.6) is 0 Å². The number of hydrogen-bond acceptors (Lipinski definition) is 6. The van der Waals surface area contributed by atoms with E-state index in [-0.39, 0.29) is 11.8 Å². The topological polar surface area (TPSA) is 111 Å². The van der Waals surface area contributed by atoms with Crippen LogP contribution in [0.15, 0.2) is 12.3 Å². The molecule has 152 valence electrons. The molecule has 3 heterocycles. The van der Waals surface area contributed by atoms with Gasteiger partial charge in [0.05, 0.1) is 24.1 Å². The minimum Gasteiger partial charge on any atom is -0.393 e. The van der Waals surface area contributed by atoms with Crippen LogP contribution in [-0.4, -0.2) is 42.1 Å². The smallest absolute Gasteiger partial charge is 0.268 e. The lowest BCUT2D eigenvalue weighted by Crippen LogP contribution is -2.31. The summed E-state index contributed by atoms with van der Waals surface area (Å²) in [6, 6.07) is 2.01. The predicted octanol–water partition coefficient (Wildman–Crippen LogP) is 2.36. The number of nitrogens with one attached hydrogen (secondary N) is 1. The van der Waals surface area contributed by atoms with Crippen molar-refractivity contribution in [1.82, 2.24) is 24.4 Å². The van der Waals surface area contributed by atoms with Crippen molar-refractivity contribution in [2.45, 2.75) is 52.2 Å². The molecular weight excluding hydrogens is 368 g/mol. The van der Waals surface area contributed by atoms with Crippen molar-refractivity contribution in [3.8, 4) is 0 Å². The number of nitrogens with two attached hydrogens (primary N) is 1. The van der Waals surface area contributed by atoms with E-state index in [1.165, 1.54) is 0 Å². The zero-order valence-electron chi connectivity index (χ0n) is 16.8. The molecule has 0 bridgehead atoms. The van der Waals surface area contributed by atoms with Gasteiger partial charge < -0.3 is 16.2 Å². The molecule has 0 aromatic carbocycles. The number of aromatic nitrogens is 5.